The molecule has 0 bridgehead atoms. The van der Waals surface area contributed by atoms with Crippen molar-refractivity contribution in [3.8, 4) is 0 Å². The van der Waals surface area contributed by atoms with Gasteiger partial charge in [0.2, 0.25) is 0 Å². The highest BCUT2D eigenvalue weighted by Crippen LogP contribution is 2.71. The molecule has 85 heavy (non-hydrogen) atoms. The SMILES string of the molecule is C1CCOC1.C[C@@H]1CC[C@]2(C)C3CC[C@@]4(C)C(CC[C@@H]4[C@H](C)/C=C/C(O)C(F)(F)F)C3C[C@H](O[Si](C)(C)C(C)(C)C)[C@@H]2C1.C[C@@H]1CC[C@]2(C)C3CC[C@@]4(C)C(CC[C@@H]4[C@H](C)/C=C/C=O)C3C[C@H](O[Si](C)(C)C(C)(C)C)[C@@H]2C1.C[Si](C)(C)C(F)(F)F. The van der Waals surface area contributed by atoms with Gasteiger partial charge in [0, 0.05) is 25.4 Å². The fourth-order valence-electron chi connectivity index (χ4n) is 19.5. The zero-order valence-electron chi connectivity index (χ0n) is 57.7. The molecule has 1 saturated heterocycles. The fourth-order valence-corrected chi connectivity index (χ4v) is 22.2. The van der Waals surface area contributed by atoms with Crippen molar-refractivity contribution in [1.29, 1.82) is 0 Å². The molecule has 14 heteroatoms. The van der Waals surface area contributed by atoms with Crippen LogP contribution in [0, 0.1) is 105 Å². The normalized spacial score (nSPS) is 40.8. The minimum Gasteiger partial charge on any atom is -0.414 e. The Labute approximate surface area is 519 Å². The smallest absolute Gasteiger partial charge is 0.414 e. The first-order chi connectivity index (χ1) is 38.8. The quantitative estimate of drug-likeness (QED) is 0.0776. The summed E-state index contributed by atoms with van der Waals surface area (Å²) in [6.07, 6.45) is 24.6. The lowest BCUT2D eigenvalue weighted by atomic mass is 9.43. The van der Waals surface area contributed by atoms with E-state index in [0.717, 1.165) is 79.8 Å². The van der Waals surface area contributed by atoms with Crippen LogP contribution in [0.2, 0.25) is 55.9 Å². The number of alkyl halides is 6. The summed E-state index contributed by atoms with van der Waals surface area (Å²) >= 11 is 0. The number of aliphatic hydroxyl groups excluding tert-OH is 1. The lowest BCUT2D eigenvalue weighted by Gasteiger charge is -2.64. The first-order valence-electron chi connectivity index (χ1n) is 34.4. The summed E-state index contributed by atoms with van der Waals surface area (Å²) in [5.41, 5.74) is 1.33. The summed E-state index contributed by atoms with van der Waals surface area (Å²) in [4.78, 5) is 11.0. The van der Waals surface area contributed by atoms with Crippen LogP contribution in [0.1, 0.15) is 213 Å². The third-order valence-electron chi connectivity index (χ3n) is 26.9. The summed E-state index contributed by atoms with van der Waals surface area (Å²) in [5.74, 6) is 5.15. The number of aliphatic hydroxyl groups is 1. The first-order valence-corrected chi connectivity index (χ1v) is 43.7. The number of hydrogen-bond acceptors (Lipinski definition) is 5. The molecule has 1 aliphatic heterocycles. The Morgan fingerprint density at radius 2 is 0.871 bits per heavy atom. The Hall–Kier alpha value is -0.779. The van der Waals surface area contributed by atoms with Crippen molar-refractivity contribution in [3.63, 3.8) is 0 Å². The number of hydrogen-bond donors (Lipinski definition) is 1. The second kappa shape index (κ2) is 27.0. The van der Waals surface area contributed by atoms with Gasteiger partial charge in [0.05, 0.1) is 0 Å². The molecule has 0 aromatic rings. The molecule has 0 aromatic carbocycles. The Morgan fingerprint density at radius 1 is 0.518 bits per heavy atom. The van der Waals surface area contributed by atoms with Crippen LogP contribution in [-0.4, -0.2) is 79.6 Å². The van der Waals surface area contributed by atoms with Crippen molar-refractivity contribution < 1.29 is 49.8 Å². The maximum Gasteiger partial charge on any atom is 0.417 e. The summed E-state index contributed by atoms with van der Waals surface area (Å²) in [5, 5.41) is 9.99. The van der Waals surface area contributed by atoms with Crippen molar-refractivity contribution in [3.05, 3.63) is 24.3 Å². The molecule has 8 saturated carbocycles. The molecule has 0 amide bonds. The van der Waals surface area contributed by atoms with Gasteiger partial charge in [0.15, 0.2) is 30.8 Å². The van der Waals surface area contributed by atoms with Crippen molar-refractivity contribution in [2.45, 2.75) is 299 Å². The highest BCUT2D eigenvalue weighted by Gasteiger charge is 2.65. The van der Waals surface area contributed by atoms with E-state index in [0.29, 0.717) is 64.0 Å². The van der Waals surface area contributed by atoms with Crippen LogP contribution in [0.3, 0.4) is 0 Å². The summed E-state index contributed by atoms with van der Waals surface area (Å²) < 4.78 is 93.3. The monoisotopic (exact) mass is 1260 g/mol. The van der Waals surface area contributed by atoms with Crippen molar-refractivity contribution in [1.82, 2.24) is 0 Å². The third kappa shape index (κ3) is 15.8. The Morgan fingerprint density at radius 3 is 1.19 bits per heavy atom. The molecule has 21 atom stereocenters. The van der Waals surface area contributed by atoms with Gasteiger partial charge < -0.3 is 18.7 Å². The van der Waals surface area contributed by atoms with Crippen LogP contribution in [0.5, 0.6) is 0 Å². The number of rotatable bonds is 10. The Balaban J connectivity index is 0.000000225. The van der Waals surface area contributed by atoms with Crippen LogP contribution in [-0.2, 0) is 18.4 Å². The zero-order valence-corrected chi connectivity index (χ0v) is 60.7. The molecule has 8 aliphatic carbocycles. The summed E-state index contributed by atoms with van der Waals surface area (Å²) in [7, 11) is -6.61. The van der Waals surface area contributed by atoms with Crippen molar-refractivity contribution in [2.24, 2.45) is 105 Å². The van der Waals surface area contributed by atoms with E-state index in [1.54, 1.807) is 12.2 Å². The van der Waals surface area contributed by atoms with Crippen LogP contribution in [0.15, 0.2) is 24.3 Å². The number of ether oxygens (including phenoxy) is 1. The van der Waals surface area contributed by atoms with E-state index in [1.807, 2.05) is 0 Å². The largest absolute Gasteiger partial charge is 0.417 e. The molecule has 0 radical (unpaired) electrons. The molecule has 0 spiro atoms. The van der Waals surface area contributed by atoms with Gasteiger partial charge in [-0.25, -0.2) is 0 Å². The first kappa shape index (κ1) is 73.3. The van der Waals surface area contributed by atoms with Gasteiger partial charge in [0.25, 0.3) is 0 Å². The van der Waals surface area contributed by atoms with E-state index in [9.17, 15) is 36.2 Å². The molecule has 7 unspecified atom stereocenters. The van der Waals surface area contributed by atoms with E-state index in [4.69, 9.17) is 13.6 Å². The standard InChI is InChI=1S/C32H55F3O2Si.C31H54O2Si.C4H9F3Si.C4H8O/c1-20-14-16-31(7)25-15-17-30(6)23(21(2)10-13-28(36)32(33,34)35)11-12-24(30)22(25)19-27(26(31)18-20)37-38(8,9)29(3,4)5;1-21-14-16-31(7)26-15-17-30(6)24(22(2)11-10-18-32)12-13-25(30)23(26)20-28(27(31)19-21)33-34(8,9)29(3,4)5;1-8(2,3)4(5,6)7;1-2-4-5-3-1/h10,13,20-28,36H,11-12,14-19H2,1-9H3;10-11,18,21-28H,12-17,19-20H2,1-9H3;1-3H3;1-4H2/b13-10+;11-10+;;/t20-,21-,22?,23-,24?,25?,26+,27+,28?,30-,31-;21-,22-,23?,24-,25?,26?,27+,28+,30-,31-;;/m11../s1. The summed E-state index contributed by atoms with van der Waals surface area (Å²) in [6, 6.07) is 0. The molecule has 1 heterocycles. The van der Waals surface area contributed by atoms with E-state index in [2.05, 4.69) is 129 Å². The lowest BCUT2D eigenvalue weighted by molar-refractivity contribution is -0.187. The van der Waals surface area contributed by atoms with Gasteiger partial charge in [-0.05, 0) is 250 Å². The average molecular weight is 1260 g/mol. The maximum atomic E-state index is 12.9. The van der Waals surface area contributed by atoms with Crippen LogP contribution in [0.25, 0.3) is 0 Å². The predicted molar refractivity (Wildman–Crippen MR) is 348 cm³/mol. The third-order valence-corrected chi connectivity index (χ3v) is 37.6. The maximum absolute atomic E-state index is 12.9. The van der Waals surface area contributed by atoms with E-state index >= 15 is 0 Å². The minimum atomic E-state index is -4.60. The van der Waals surface area contributed by atoms with Gasteiger partial charge in [-0.2, -0.15) is 26.3 Å². The van der Waals surface area contributed by atoms with Crippen LogP contribution in [0.4, 0.5) is 26.3 Å². The van der Waals surface area contributed by atoms with Gasteiger partial charge in [-0.1, -0.05) is 148 Å². The van der Waals surface area contributed by atoms with Gasteiger partial charge in [-0.3, -0.25) is 4.79 Å². The molecule has 5 nitrogen and oxygen atoms in total. The van der Waals surface area contributed by atoms with Crippen LogP contribution < -0.4 is 0 Å². The lowest BCUT2D eigenvalue weighted by Crippen LogP contribution is -2.60. The number of carbonyl (C=O) groups excluding carboxylic acids is 1. The van der Waals surface area contributed by atoms with Gasteiger partial charge >= 0.3 is 12.0 Å². The highest BCUT2D eigenvalue weighted by molar-refractivity contribution is 6.78. The minimum absolute atomic E-state index is 0.0280. The zero-order chi connectivity index (χ0) is 64.1. The molecule has 1 N–H and O–H groups in total. The molecule has 9 fully saturated rings. The van der Waals surface area contributed by atoms with E-state index in [-0.39, 0.29) is 21.4 Å². The molecule has 0 aromatic heterocycles. The number of allylic oxidation sites excluding steroid dienone is 3. The van der Waals surface area contributed by atoms with Crippen molar-refractivity contribution in [2.75, 3.05) is 13.2 Å². The highest BCUT2D eigenvalue weighted by atomic mass is 28.4. The Kier molecular flexibility index (Phi) is 23.3. The number of fused-ring (bicyclic) bond motifs is 10. The van der Waals surface area contributed by atoms with Gasteiger partial charge in [0.1, 0.15) is 6.29 Å². The van der Waals surface area contributed by atoms with E-state index in [1.165, 1.54) is 122 Å². The van der Waals surface area contributed by atoms with E-state index < -0.39 is 42.8 Å². The molecular weight excluding hydrogens is 1130 g/mol. The number of aldehydes is 1. The predicted octanol–water partition coefficient (Wildman–Crippen LogP) is 21.3. The molecule has 9 rings (SSSR count). The molecule has 9 aliphatic rings. The second-order valence-corrected chi connectivity index (χ2v) is 49.8. The summed E-state index contributed by atoms with van der Waals surface area (Å²) in [6.45, 7) is 49.5. The molecular formula is C71H126F6O5Si3. The Bertz CT molecular complexity index is 2210. The average Bonchev–Trinajstić information content (AvgIpc) is 1.79. The second-order valence-electron chi connectivity index (χ2n) is 35.2. The topological polar surface area (TPSA) is 65.0 Å². The fraction of sp³-hybridized carbons (Fsp3) is 0.930. The van der Waals surface area contributed by atoms with Gasteiger partial charge in [-0.15, -0.1) is 0 Å². The molecule has 494 valence electrons. The number of carbonyl (C=O) groups is 1. The van der Waals surface area contributed by atoms with Crippen LogP contribution >= 0.6 is 0 Å². The number of halogens is 6. The van der Waals surface area contributed by atoms with Crippen molar-refractivity contribution >= 4 is 31.0 Å².